The van der Waals surface area contributed by atoms with Crippen LogP contribution < -0.4 is 10.6 Å². The summed E-state index contributed by atoms with van der Waals surface area (Å²) in [5, 5.41) is 15.3. The van der Waals surface area contributed by atoms with Gasteiger partial charge in [-0.1, -0.05) is 6.42 Å². The van der Waals surface area contributed by atoms with Gasteiger partial charge in [0, 0.05) is 36.5 Å². The fraction of sp³-hybridized carbons (Fsp3) is 0.600. The number of aliphatic hydroxyl groups excluding tert-OH is 1. The molecule has 0 radical (unpaired) electrons. The Kier molecular flexibility index (Phi) is 9.77. The van der Waals surface area contributed by atoms with E-state index in [1.807, 2.05) is 7.05 Å². The van der Waals surface area contributed by atoms with E-state index in [9.17, 15) is 27.9 Å². The Balaban J connectivity index is 1.47. The van der Waals surface area contributed by atoms with Gasteiger partial charge in [0.15, 0.2) is 0 Å². The van der Waals surface area contributed by atoms with Gasteiger partial charge < -0.3 is 25.5 Å². The highest BCUT2D eigenvalue weighted by Gasteiger charge is 2.39. The number of hydrogen-bond donors (Lipinski definition) is 3. The third-order valence-electron chi connectivity index (χ3n) is 8.43. The zero-order valence-electron chi connectivity index (χ0n) is 24.7. The Hall–Kier alpha value is -3.25. The minimum absolute atomic E-state index is 0.000863. The number of amides is 2. The molecule has 42 heavy (non-hydrogen) atoms. The predicted molar refractivity (Wildman–Crippen MR) is 153 cm³/mol. The highest BCUT2D eigenvalue weighted by molar-refractivity contribution is 5.94. The van der Waals surface area contributed by atoms with Gasteiger partial charge in [-0.2, -0.15) is 13.2 Å². The van der Waals surface area contributed by atoms with Crippen molar-refractivity contribution < 1.29 is 27.9 Å². The van der Waals surface area contributed by atoms with E-state index in [2.05, 4.69) is 32.5 Å². The van der Waals surface area contributed by atoms with E-state index < -0.39 is 23.2 Å². The molecule has 2 fully saturated rings. The van der Waals surface area contributed by atoms with E-state index in [0.29, 0.717) is 24.1 Å². The summed E-state index contributed by atoms with van der Waals surface area (Å²) < 4.78 is 41.7. The van der Waals surface area contributed by atoms with Crippen molar-refractivity contribution >= 4 is 23.5 Å². The Labute approximate surface area is 244 Å². The number of hydrogen-bond acceptors (Lipinski definition) is 7. The lowest BCUT2D eigenvalue weighted by Crippen LogP contribution is -2.49. The second kappa shape index (κ2) is 12.9. The van der Waals surface area contributed by atoms with Gasteiger partial charge in [-0.3, -0.25) is 9.59 Å². The molecule has 2 aliphatic rings. The molecule has 0 bridgehead atoms. The summed E-state index contributed by atoms with van der Waals surface area (Å²) in [5.74, 6) is -1.15. The minimum atomic E-state index is -4.65. The van der Waals surface area contributed by atoms with Crippen LogP contribution in [-0.2, 0) is 17.4 Å². The van der Waals surface area contributed by atoms with Crippen molar-refractivity contribution in [2.75, 3.05) is 39.1 Å². The monoisotopic (exact) mass is 590 g/mol. The van der Waals surface area contributed by atoms with E-state index in [0.717, 1.165) is 38.5 Å². The van der Waals surface area contributed by atoms with Crippen LogP contribution in [0, 0.1) is 11.8 Å². The fourth-order valence-corrected chi connectivity index (χ4v) is 5.79. The number of alkyl halides is 3. The maximum absolute atomic E-state index is 13.9. The molecule has 1 saturated carbocycles. The summed E-state index contributed by atoms with van der Waals surface area (Å²) in [7, 11) is 3.88. The van der Waals surface area contributed by atoms with E-state index in [-0.39, 0.29) is 48.4 Å². The molecule has 3 N–H and O–H groups in total. The first-order valence-electron chi connectivity index (χ1n) is 14.5. The lowest BCUT2D eigenvalue weighted by molar-refractivity contribution is -0.138. The van der Waals surface area contributed by atoms with Crippen LogP contribution in [0.15, 0.2) is 30.5 Å². The number of likely N-dealkylation sites (tertiary alicyclic amines) is 1. The third-order valence-corrected chi connectivity index (χ3v) is 8.43. The number of carbonyl (C=O) groups is 2. The van der Waals surface area contributed by atoms with Gasteiger partial charge in [-0.15, -0.1) is 0 Å². The van der Waals surface area contributed by atoms with Gasteiger partial charge in [0.05, 0.1) is 23.4 Å². The average Bonchev–Trinajstić information content (AvgIpc) is 3.41. The smallest absolute Gasteiger partial charge is 0.394 e. The number of nitrogens with one attached hydrogen (secondary N) is 2. The largest absolute Gasteiger partial charge is 0.419 e. The van der Waals surface area contributed by atoms with Crippen LogP contribution in [-0.4, -0.2) is 82.1 Å². The first-order valence-corrected chi connectivity index (χ1v) is 14.5. The molecule has 1 aromatic carbocycles. The summed E-state index contributed by atoms with van der Waals surface area (Å²) in [6.07, 6.45) is -0.185. The number of aromatic nitrogens is 2. The number of benzene rings is 1. The average molecular weight is 591 g/mol. The minimum Gasteiger partial charge on any atom is -0.394 e. The molecular weight excluding hydrogens is 549 g/mol. The van der Waals surface area contributed by atoms with Crippen molar-refractivity contribution in [1.29, 1.82) is 0 Å². The lowest BCUT2D eigenvalue weighted by Gasteiger charge is -2.35. The standard InChI is InChI=1S/C30H41F3N6O3/c1-29(2,18-40)37-26(41)23-7-5-6-20(23)16-25-24(30(31,32)33)17-34-28(36-25)35-21-10-8-19(9-11-21)27(42)39(4)22-12-14-38(3)15-13-22/h8-11,17,20,22-23,40H,5-7,12-16,18H2,1-4H3,(H,37,41)(H,34,35,36)/t20-,23-/m0/s1. The van der Waals surface area contributed by atoms with Crippen molar-refractivity contribution in [2.45, 2.75) is 70.1 Å². The van der Waals surface area contributed by atoms with Crippen LogP contribution in [0.25, 0.3) is 0 Å². The molecule has 2 amide bonds. The molecule has 1 aliphatic carbocycles. The number of rotatable bonds is 9. The molecule has 1 saturated heterocycles. The van der Waals surface area contributed by atoms with Crippen LogP contribution in [0.2, 0.25) is 0 Å². The van der Waals surface area contributed by atoms with Gasteiger partial charge >= 0.3 is 6.18 Å². The second-order valence-electron chi connectivity index (χ2n) is 12.2. The van der Waals surface area contributed by atoms with E-state index in [1.165, 1.54) is 0 Å². The highest BCUT2D eigenvalue weighted by atomic mass is 19.4. The third kappa shape index (κ3) is 7.77. The number of nitrogens with zero attached hydrogens (tertiary/aromatic N) is 4. The number of aliphatic hydroxyl groups is 1. The van der Waals surface area contributed by atoms with E-state index >= 15 is 0 Å². The number of piperidine rings is 1. The molecule has 9 nitrogen and oxygen atoms in total. The van der Waals surface area contributed by atoms with Crippen molar-refractivity contribution in [3.63, 3.8) is 0 Å². The van der Waals surface area contributed by atoms with Crippen LogP contribution in [0.3, 0.4) is 0 Å². The maximum atomic E-state index is 13.9. The van der Waals surface area contributed by atoms with Gasteiger partial charge in [-0.05, 0) is 96.3 Å². The summed E-state index contributed by atoms with van der Waals surface area (Å²) in [4.78, 5) is 38.1. The molecule has 1 aromatic heterocycles. The Morgan fingerprint density at radius 1 is 1.10 bits per heavy atom. The Morgan fingerprint density at radius 3 is 2.38 bits per heavy atom. The maximum Gasteiger partial charge on any atom is 0.419 e. The molecule has 230 valence electrons. The SMILES string of the molecule is CN1CCC(N(C)C(=O)c2ccc(Nc3ncc(C(F)(F)F)c(C[C@@H]4CCC[C@@H]4C(=O)NC(C)(C)CO)n3)cc2)CC1. The highest BCUT2D eigenvalue weighted by Crippen LogP contribution is 2.38. The first-order chi connectivity index (χ1) is 19.8. The number of halogens is 3. The molecule has 4 rings (SSSR count). The van der Waals surface area contributed by atoms with Gasteiger partial charge in [-0.25, -0.2) is 9.97 Å². The molecule has 1 aliphatic heterocycles. The molecule has 12 heteroatoms. The lowest BCUT2D eigenvalue weighted by atomic mass is 9.89. The van der Waals surface area contributed by atoms with Crippen molar-refractivity contribution in [3.05, 3.63) is 47.3 Å². The molecule has 0 spiro atoms. The molecule has 0 unspecified atom stereocenters. The Bertz CT molecular complexity index is 1250. The zero-order valence-corrected chi connectivity index (χ0v) is 24.7. The summed E-state index contributed by atoms with van der Waals surface area (Å²) in [6.45, 7) is 5.01. The summed E-state index contributed by atoms with van der Waals surface area (Å²) in [5.41, 5.74) is -0.865. The molecular formula is C30H41F3N6O3. The summed E-state index contributed by atoms with van der Waals surface area (Å²) in [6, 6.07) is 6.89. The van der Waals surface area contributed by atoms with Crippen LogP contribution in [0.1, 0.15) is 67.6 Å². The van der Waals surface area contributed by atoms with Gasteiger partial charge in [0.2, 0.25) is 11.9 Å². The number of carbonyl (C=O) groups excluding carboxylic acids is 2. The van der Waals surface area contributed by atoms with Crippen molar-refractivity contribution in [1.82, 2.24) is 25.1 Å². The predicted octanol–water partition coefficient (Wildman–Crippen LogP) is 4.25. The van der Waals surface area contributed by atoms with E-state index in [1.54, 1.807) is 43.0 Å². The molecule has 2 aromatic rings. The van der Waals surface area contributed by atoms with Gasteiger partial charge in [0.25, 0.3) is 5.91 Å². The topological polar surface area (TPSA) is 111 Å². The normalized spacial score (nSPS) is 20.4. The first kappa shape index (κ1) is 31.7. The van der Waals surface area contributed by atoms with Gasteiger partial charge in [0.1, 0.15) is 0 Å². The fourth-order valence-electron chi connectivity index (χ4n) is 5.79. The van der Waals surface area contributed by atoms with E-state index in [4.69, 9.17) is 0 Å². The number of anilines is 2. The molecule has 2 heterocycles. The quantitative estimate of drug-likeness (QED) is 0.401. The zero-order chi connectivity index (χ0) is 30.7. The second-order valence-corrected chi connectivity index (χ2v) is 12.2. The Morgan fingerprint density at radius 2 is 1.76 bits per heavy atom. The van der Waals surface area contributed by atoms with Crippen LogP contribution >= 0.6 is 0 Å². The van der Waals surface area contributed by atoms with Crippen molar-refractivity contribution in [2.24, 2.45) is 11.8 Å². The summed E-state index contributed by atoms with van der Waals surface area (Å²) >= 11 is 0. The van der Waals surface area contributed by atoms with Crippen LogP contribution in [0.5, 0.6) is 0 Å². The van der Waals surface area contributed by atoms with Crippen LogP contribution in [0.4, 0.5) is 24.8 Å². The van der Waals surface area contributed by atoms with Crippen molar-refractivity contribution in [3.8, 4) is 0 Å². The molecule has 2 atom stereocenters.